The number of carbonyl (C=O) groups excluding carboxylic acids is 1. The number of ketones is 1. The molecule has 0 N–H and O–H groups in total. The Morgan fingerprint density at radius 2 is 2.11 bits per heavy atom. The molecule has 0 aliphatic carbocycles. The van der Waals surface area contributed by atoms with Gasteiger partial charge in [-0.1, -0.05) is 13.0 Å². The molecule has 2 rings (SSSR count). The van der Waals surface area contributed by atoms with Crippen LogP contribution in [-0.2, 0) is 12.8 Å². The minimum Gasteiger partial charge on any atom is -0.292 e. The average molecular weight is 305 g/mol. The Morgan fingerprint density at radius 3 is 2.78 bits per heavy atom. The molecule has 0 radical (unpaired) electrons. The monoisotopic (exact) mass is 304 g/mol. The highest BCUT2D eigenvalue weighted by Crippen LogP contribution is 2.12. The third-order valence-electron chi connectivity index (χ3n) is 2.67. The normalized spacial score (nSPS) is 10.3. The summed E-state index contributed by atoms with van der Waals surface area (Å²) < 4.78 is 0.908. The zero-order valence-electron chi connectivity index (χ0n) is 10.1. The Hall–Kier alpha value is -1.55. The molecular formula is C14H13BrN2O. The molecule has 0 aromatic carbocycles. The lowest BCUT2D eigenvalue weighted by atomic mass is 10.0. The molecule has 2 aromatic rings. The molecule has 0 aliphatic rings. The lowest BCUT2D eigenvalue weighted by Crippen LogP contribution is -2.10. The van der Waals surface area contributed by atoms with Gasteiger partial charge in [-0.2, -0.15) is 0 Å². The van der Waals surface area contributed by atoms with Crippen molar-refractivity contribution in [3.05, 3.63) is 58.1 Å². The predicted molar refractivity (Wildman–Crippen MR) is 73.6 cm³/mol. The van der Waals surface area contributed by atoms with Crippen LogP contribution in [0.1, 0.15) is 28.7 Å². The summed E-state index contributed by atoms with van der Waals surface area (Å²) in [6, 6.07) is 7.52. The van der Waals surface area contributed by atoms with Crippen LogP contribution in [-0.4, -0.2) is 15.8 Å². The van der Waals surface area contributed by atoms with E-state index in [-0.39, 0.29) is 12.2 Å². The number of Topliss-reactive ketones (excluding diaryl/α,β-unsaturated/α-hetero) is 1. The highest BCUT2D eigenvalue weighted by Gasteiger charge is 2.12. The Kier molecular flexibility index (Phi) is 4.20. The number of rotatable bonds is 4. The maximum absolute atomic E-state index is 12.2. The average Bonchev–Trinajstić information content (AvgIpc) is 2.41. The molecule has 4 heteroatoms. The van der Waals surface area contributed by atoms with E-state index in [1.54, 1.807) is 12.4 Å². The van der Waals surface area contributed by atoms with Gasteiger partial charge in [0.2, 0.25) is 0 Å². The van der Waals surface area contributed by atoms with E-state index in [9.17, 15) is 4.79 Å². The first-order chi connectivity index (χ1) is 8.70. The minimum atomic E-state index is 0.0160. The van der Waals surface area contributed by atoms with Crippen LogP contribution in [0.5, 0.6) is 0 Å². The van der Waals surface area contributed by atoms with Gasteiger partial charge in [0.15, 0.2) is 5.78 Å². The number of hydrogen-bond acceptors (Lipinski definition) is 3. The van der Waals surface area contributed by atoms with E-state index in [1.807, 2.05) is 31.2 Å². The van der Waals surface area contributed by atoms with Gasteiger partial charge in [-0.25, -0.2) is 0 Å². The molecule has 92 valence electrons. The van der Waals surface area contributed by atoms with E-state index in [2.05, 4.69) is 25.9 Å². The van der Waals surface area contributed by atoms with E-state index in [4.69, 9.17) is 0 Å². The predicted octanol–water partition coefficient (Wildman–Crippen LogP) is 3.23. The van der Waals surface area contributed by atoms with Gasteiger partial charge in [0, 0.05) is 22.6 Å². The maximum atomic E-state index is 12.2. The van der Waals surface area contributed by atoms with E-state index in [0.717, 1.165) is 22.2 Å². The first-order valence-corrected chi connectivity index (χ1v) is 6.57. The highest BCUT2D eigenvalue weighted by molar-refractivity contribution is 9.10. The van der Waals surface area contributed by atoms with Crippen LogP contribution >= 0.6 is 15.9 Å². The second-order valence-electron chi connectivity index (χ2n) is 3.93. The van der Waals surface area contributed by atoms with Gasteiger partial charge in [0.1, 0.15) is 5.69 Å². The van der Waals surface area contributed by atoms with Crippen molar-refractivity contribution in [2.75, 3.05) is 0 Å². The minimum absolute atomic E-state index is 0.0160. The van der Waals surface area contributed by atoms with Crippen molar-refractivity contribution in [1.82, 2.24) is 9.97 Å². The number of aryl methyl sites for hydroxylation is 1. The Labute approximate surface area is 114 Å². The van der Waals surface area contributed by atoms with Gasteiger partial charge in [-0.05, 0) is 46.1 Å². The maximum Gasteiger partial charge on any atom is 0.187 e. The fraction of sp³-hybridized carbons (Fsp3) is 0.214. The third-order valence-corrected chi connectivity index (χ3v) is 3.14. The number of aromatic nitrogens is 2. The number of carbonyl (C=O) groups is 1. The summed E-state index contributed by atoms with van der Waals surface area (Å²) in [5.41, 5.74) is 2.31. The molecule has 3 nitrogen and oxygen atoms in total. The van der Waals surface area contributed by atoms with Gasteiger partial charge in [-0.15, -0.1) is 0 Å². The van der Waals surface area contributed by atoms with Crippen LogP contribution in [0.15, 0.2) is 41.1 Å². The van der Waals surface area contributed by atoms with Crippen LogP contribution in [0.25, 0.3) is 0 Å². The molecular weight excluding hydrogens is 292 g/mol. The summed E-state index contributed by atoms with van der Waals surface area (Å²) in [6.45, 7) is 2.02. The van der Waals surface area contributed by atoms with E-state index < -0.39 is 0 Å². The van der Waals surface area contributed by atoms with E-state index in [0.29, 0.717) is 5.69 Å². The zero-order valence-corrected chi connectivity index (χ0v) is 11.6. The number of halogens is 1. The van der Waals surface area contributed by atoms with Crippen molar-refractivity contribution >= 4 is 21.7 Å². The van der Waals surface area contributed by atoms with Crippen LogP contribution in [0.4, 0.5) is 0 Å². The molecule has 0 bridgehead atoms. The van der Waals surface area contributed by atoms with Crippen molar-refractivity contribution in [3.63, 3.8) is 0 Å². The van der Waals surface area contributed by atoms with Gasteiger partial charge >= 0.3 is 0 Å². The first-order valence-electron chi connectivity index (χ1n) is 5.78. The summed E-state index contributed by atoms with van der Waals surface area (Å²) in [7, 11) is 0. The molecule has 0 atom stereocenters. The molecule has 0 aliphatic heterocycles. The standard InChI is InChI=1S/C14H13BrN2O/c1-2-10-4-3-7-16-14(10)13(18)8-12-6-5-11(15)9-17-12/h3-7,9H,2,8H2,1H3. The van der Waals surface area contributed by atoms with E-state index in [1.165, 1.54) is 0 Å². The van der Waals surface area contributed by atoms with Crippen LogP contribution in [0, 0.1) is 0 Å². The number of hydrogen-bond donors (Lipinski definition) is 0. The Balaban J connectivity index is 2.19. The van der Waals surface area contributed by atoms with Gasteiger partial charge < -0.3 is 0 Å². The second kappa shape index (κ2) is 5.87. The van der Waals surface area contributed by atoms with Crippen LogP contribution < -0.4 is 0 Å². The molecule has 2 heterocycles. The summed E-state index contributed by atoms with van der Waals surface area (Å²) in [6.07, 6.45) is 4.45. The van der Waals surface area contributed by atoms with Crippen molar-refractivity contribution < 1.29 is 4.79 Å². The van der Waals surface area contributed by atoms with Crippen molar-refractivity contribution in [2.45, 2.75) is 19.8 Å². The largest absolute Gasteiger partial charge is 0.292 e. The molecule has 2 aromatic heterocycles. The SMILES string of the molecule is CCc1cccnc1C(=O)Cc1ccc(Br)cn1. The first kappa shape index (κ1) is 12.9. The molecule has 18 heavy (non-hydrogen) atoms. The van der Waals surface area contributed by atoms with Crippen molar-refractivity contribution in [3.8, 4) is 0 Å². The summed E-state index contributed by atoms with van der Waals surface area (Å²) >= 11 is 3.32. The highest BCUT2D eigenvalue weighted by atomic mass is 79.9. The Bertz CT molecular complexity index is 552. The smallest absolute Gasteiger partial charge is 0.187 e. The summed E-state index contributed by atoms with van der Waals surface area (Å²) in [5.74, 6) is 0.0160. The molecule has 0 amide bonds. The number of nitrogens with zero attached hydrogens (tertiary/aromatic N) is 2. The summed E-state index contributed by atoms with van der Waals surface area (Å²) in [4.78, 5) is 20.5. The number of pyridine rings is 2. The van der Waals surface area contributed by atoms with Crippen LogP contribution in [0.3, 0.4) is 0 Å². The second-order valence-corrected chi connectivity index (χ2v) is 4.85. The fourth-order valence-corrected chi connectivity index (χ4v) is 1.97. The van der Waals surface area contributed by atoms with Gasteiger partial charge in [-0.3, -0.25) is 14.8 Å². The Morgan fingerprint density at radius 1 is 1.28 bits per heavy atom. The fourth-order valence-electron chi connectivity index (χ4n) is 1.73. The summed E-state index contributed by atoms with van der Waals surface area (Å²) in [5, 5.41) is 0. The third kappa shape index (κ3) is 3.01. The molecule has 0 saturated heterocycles. The molecule has 0 spiro atoms. The lowest BCUT2D eigenvalue weighted by molar-refractivity contribution is 0.0986. The van der Waals surface area contributed by atoms with Crippen molar-refractivity contribution in [1.29, 1.82) is 0 Å². The topological polar surface area (TPSA) is 42.9 Å². The quantitative estimate of drug-likeness (QED) is 0.815. The van der Waals surface area contributed by atoms with Gasteiger partial charge in [0.25, 0.3) is 0 Å². The molecule has 0 saturated carbocycles. The van der Waals surface area contributed by atoms with Crippen LogP contribution in [0.2, 0.25) is 0 Å². The van der Waals surface area contributed by atoms with Crippen molar-refractivity contribution in [2.24, 2.45) is 0 Å². The van der Waals surface area contributed by atoms with Gasteiger partial charge in [0.05, 0.1) is 6.42 Å². The molecule has 0 unspecified atom stereocenters. The lowest BCUT2D eigenvalue weighted by Gasteiger charge is -2.05. The zero-order chi connectivity index (χ0) is 13.0. The molecule has 0 fully saturated rings. The van der Waals surface area contributed by atoms with E-state index >= 15 is 0 Å².